The van der Waals surface area contributed by atoms with Crippen molar-refractivity contribution in [2.75, 3.05) is 13.1 Å². The molecular formula is C15H23ClN2O. The first-order valence-electron chi connectivity index (χ1n) is 6.93. The molecular weight excluding hydrogens is 260 g/mol. The van der Waals surface area contributed by atoms with Crippen LogP contribution in [-0.4, -0.2) is 35.2 Å². The van der Waals surface area contributed by atoms with Crippen molar-refractivity contribution in [1.82, 2.24) is 4.90 Å². The van der Waals surface area contributed by atoms with Gasteiger partial charge in [0.25, 0.3) is 0 Å². The van der Waals surface area contributed by atoms with E-state index in [4.69, 9.17) is 17.3 Å². The van der Waals surface area contributed by atoms with Crippen LogP contribution in [0.5, 0.6) is 0 Å². The minimum atomic E-state index is -0.280. The summed E-state index contributed by atoms with van der Waals surface area (Å²) in [6.45, 7) is 5.71. The molecule has 1 fully saturated rings. The first-order chi connectivity index (χ1) is 9.00. The van der Waals surface area contributed by atoms with E-state index in [1.54, 1.807) is 0 Å². The number of piperidine rings is 1. The Labute approximate surface area is 120 Å². The van der Waals surface area contributed by atoms with Gasteiger partial charge in [-0.3, -0.25) is 4.90 Å². The van der Waals surface area contributed by atoms with E-state index in [1.807, 2.05) is 31.2 Å². The number of halogens is 1. The van der Waals surface area contributed by atoms with Crippen molar-refractivity contribution < 1.29 is 5.11 Å². The normalized spacial score (nSPS) is 28.1. The van der Waals surface area contributed by atoms with E-state index in [-0.39, 0.29) is 18.2 Å². The Morgan fingerprint density at radius 3 is 2.68 bits per heavy atom. The number of β-amino-alcohol motifs (C(OH)–C–C–N with tert-alkyl or cyclic N) is 1. The van der Waals surface area contributed by atoms with E-state index in [2.05, 4.69) is 11.8 Å². The molecule has 3 nitrogen and oxygen atoms in total. The number of hydrogen-bond acceptors (Lipinski definition) is 3. The van der Waals surface area contributed by atoms with Crippen molar-refractivity contribution in [2.24, 2.45) is 11.7 Å². The van der Waals surface area contributed by atoms with Gasteiger partial charge >= 0.3 is 0 Å². The van der Waals surface area contributed by atoms with Gasteiger partial charge in [0.1, 0.15) is 0 Å². The lowest BCUT2D eigenvalue weighted by molar-refractivity contribution is 0.00541. The van der Waals surface area contributed by atoms with E-state index in [9.17, 15) is 5.11 Å². The van der Waals surface area contributed by atoms with E-state index >= 15 is 0 Å². The highest BCUT2D eigenvalue weighted by molar-refractivity contribution is 6.31. The number of hydrogen-bond donors (Lipinski definition) is 2. The summed E-state index contributed by atoms with van der Waals surface area (Å²) < 4.78 is 0. The third-order valence-electron chi connectivity index (χ3n) is 4.07. The zero-order valence-electron chi connectivity index (χ0n) is 11.6. The highest BCUT2D eigenvalue weighted by Crippen LogP contribution is 2.32. The van der Waals surface area contributed by atoms with Gasteiger partial charge in [-0.25, -0.2) is 0 Å². The topological polar surface area (TPSA) is 49.5 Å². The van der Waals surface area contributed by atoms with Gasteiger partial charge < -0.3 is 10.8 Å². The SMILES string of the molecule is CC(N)C(c1ccccc1Cl)N1CCC(C)C(O)C1. The molecule has 1 aliphatic heterocycles. The number of nitrogens with two attached hydrogens (primary N) is 1. The second kappa shape index (κ2) is 6.23. The molecule has 0 saturated carbocycles. The summed E-state index contributed by atoms with van der Waals surface area (Å²) in [6.07, 6.45) is 0.715. The van der Waals surface area contributed by atoms with Crippen molar-refractivity contribution in [2.45, 2.75) is 38.5 Å². The lowest BCUT2D eigenvalue weighted by Gasteiger charge is -2.41. The molecule has 1 aliphatic rings. The van der Waals surface area contributed by atoms with Gasteiger partial charge in [-0.2, -0.15) is 0 Å². The van der Waals surface area contributed by atoms with Crippen LogP contribution in [0.3, 0.4) is 0 Å². The summed E-state index contributed by atoms with van der Waals surface area (Å²) in [5.41, 5.74) is 7.22. The quantitative estimate of drug-likeness (QED) is 0.895. The molecule has 4 unspecified atom stereocenters. The van der Waals surface area contributed by atoms with E-state index in [0.717, 1.165) is 23.6 Å². The number of likely N-dealkylation sites (tertiary alicyclic amines) is 1. The number of rotatable bonds is 3. The summed E-state index contributed by atoms with van der Waals surface area (Å²) >= 11 is 6.30. The van der Waals surface area contributed by atoms with Crippen LogP contribution in [0.4, 0.5) is 0 Å². The Morgan fingerprint density at radius 1 is 1.42 bits per heavy atom. The average molecular weight is 283 g/mol. The summed E-state index contributed by atoms with van der Waals surface area (Å²) in [5, 5.41) is 10.8. The van der Waals surface area contributed by atoms with Crippen molar-refractivity contribution in [3.05, 3.63) is 34.9 Å². The fourth-order valence-corrected chi connectivity index (χ4v) is 3.10. The third kappa shape index (κ3) is 3.29. The molecule has 4 heteroatoms. The molecule has 0 radical (unpaired) electrons. The molecule has 4 atom stereocenters. The molecule has 106 valence electrons. The summed E-state index contributed by atoms with van der Waals surface area (Å²) in [5.74, 6) is 0.358. The second-order valence-corrected chi connectivity index (χ2v) is 6.06. The van der Waals surface area contributed by atoms with Gasteiger partial charge in [-0.05, 0) is 37.4 Å². The van der Waals surface area contributed by atoms with Crippen LogP contribution in [0, 0.1) is 5.92 Å². The first kappa shape index (κ1) is 14.8. The van der Waals surface area contributed by atoms with Gasteiger partial charge in [0.05, 0.1) is 12.1 Å². The van der Waals surface area contributed by atoms with Crippen molar-refractivity contribution >= 4 is 11.6 Å². The molecule has 1 saturated heterocycles. The van der Waals surface area contributed by atoms with Crippen molar-refractivity contribution in [3.63, 3.8) is 0 Å². The second-order valence-electron chi connectivity index (χ2n) is 5.65. The zero-order valence-corrected chi connectivity index (χ0v) is 12.3. The molecule has 1 aromatic rings. The molecule has 0 aromatic heterocycles. The Morgan fingerprint density at radius 2 is 2.11 bits per heavy atom. The van der Waals surface area contributed by atoms with Crippen LogP contribution in [0.25, 0.3) is 0 Å². The summed E-state index contributed by atoms with van der Waals surface area (Å²) in [4.78, 5) is 2.26. The largest absolute Gasteiger partial charge is 0.392 e. The van der Waals surface area contributed by atoms with E-state index < -0.39 is 0 Å². The number of aliphatic hydroxyl groups excluding tert-OH is 1. The van der Waals surface area contributed by atoms with Gasteiger partial charge in [-0.15, -0.1) is 0 Å². The smallest absolute Gasteiger partial charge is 0.0693 e. The van der Waals surface area contributed by atoms with Crippen molar-refractivity contribution in [1.29, 1.82) is 0 Å². The zero-order chi connectivity index (χ0) is 14.0. The minimum absolute atomic E-state index is 0.0273. The predicted octanol–water partition coefficient (Wildman–Crippen LogP) is 2.43. The van der Waals surface area contributed by atoms with Crippen LogP contribution in [-0.2, 0) is 0 Å². The lowest BCUT2D eigenvalue weighted by atomic mass is 9.91. The molecule has 2 rings (SSSR count). The van der Waals surface area contributed by atoms with E-state index in [1.165, 1.54) is 0 Å². The molecule has 0 spiro atoms. The molecule has 1 aromatic carbocycles. The highest BCUT2D eigenvalue weighted by Gasteiger charge is 2.32. The minimum Gasteiger partial charge on any atom is -0.392 e. The van der Waals surface area contributed by atoms with Crippen LogP contribution in [0.2, 0.25) is 5.02 Å². The standard InChI is InChI=1S/C15H23ClN2O/c1-10-7-8-18(9-14(10)19)15(11(2)17)12-5-3-4-6-13(12)16/h3-6,10-11,14-15,19H,7-9,17H2,1-2H3. The monoisotopic (exact) mass is 282 g/mol. The Bertz CT molecular complexity index is 424. The van der Waals surface area contributed by atoms with Gasteiger partial charge in [0.2, 0.25) is 0 Å². The Balaban J connectivity index is 2.24. The maximum atomic E-state index is 10.1. The Hall–Kier alpha value is -0.610. The fraction of sp³-hybridized carbons (Fsp3) is 0.600. The molecule has 1 heterocycles. The number of nitrogens with zero attached hydrogens (tertiary/aromatic N) is 1. The van der Waals surface area contributed by atoms with Crippen LogP contribution < -0.4 is 5.73 Å². The maximum absolute atomic E-state index is 10.1. The molecule has 19 heavy (non-hydrogen) atoms. The fourth-order valence-electron chi connectivity index (χ4n) is 2.85. The molecule has 0 bridgehead atoms. The summed E-state index contributed by atoms with van der Waals surface area (Å²) in [6, 6.07) is 7.88. The van der Waals surface area contributed by atoms with Gasteiger partial charge in [0.15, 0.2) is 0 Å². The molecule has 0 aliphatic carbocycles. The maximum Gasteiger partial charge on any atom is 0.0693 e. The van der Waals surface area contributed by atoms with Crippen LogP contribution in [0.1, 0.15) is 31.9 Å². The first-order valence-corrected chi connectivity index (χ1v) is 7.30. The van der Waals surface area contributed by atoms with Gasteiger partial charge in [-0.1, -0.05) is 36.7 Å². The van der Waals surface area contributed by atoms with E-state index in [0.29, 0.717) is 12.5 Å². The Kier molecular flexibility index (Phi) is 4.85. The number of benzene rings is 1. The van der Waals surface area contributed by atoms with Crippen molar-refractivity contribution in [3.8, 4) is 0 Å². The van der Waals surface area contributed by atoms with Crippen LogP contribution in [0.15, 0.2) is 24.3 Å². The van der Waals surface area contributed by atoms with Crippen LogP contribution >= 0.6 is 11.6 Å². The molecule has 0 amide bonds. The summed E-state index contributed by atoms with van der Waals surface area (Å²) in [7, 11) is 0. The predicted molar refractivity (Wildman–Crippen MR) is 79.2 cm³/mol. The molecule has 3 N–H and O–H groups in total. The third-order valence-corrected chi connectivity index (χ3v) is 4.41. The highest BCUT2D eigenvalue weighted by atomic mass is 35.5. The number of aliphatic hydroxyl groups is 1. The lowest BCUT2D eigenvalue weighted by Crippen LogP contribution is -2.48. The average Bonchev–Trinajstić information content (AvgIpc) is 2.36. The van der Waals surface area contributed by atoms with Gasteiger partial charge in [0, 0.05) is 17.6 Å².